The van der Waals surface area contributed by atoms with Crippen LogP contribution in [0.5, 0.6) is 5.75 Å². The van der Waals surface area contributed by atoms with Crippen LogP contribution in [-0.4, -0.2) is 26.4 Å². The summed E-state index contributed by atoms with van der Waals surface area (Å²) >= 11 is 0. The number of nitrogen functional groups attached to an aromatic ring is 1. The molecule has 2 heterocycles. The van der Waals surface area contributed by atoms with Gasteiger partial charge in [-0.05, 0) is 20.3 Å². The predicted octanol–water partition coefficient (Wildman–Crippen LogP) is 1.65. The molecule has 2 aromatic rings. The minimum absolute atomic E-state index is 0.476. The van der Waals surface area contributed by atoms with E-state index in [4.69, 9.17) is 10.5 Å². The van der Waals surface area contributed by atoms with Gasteiger partial charge in [-0.3, -0.25) is 0 Å². The fourth-order valence-electron chi connectivity index (χ4n) is 1.57. The maximum Gasteiger partial charge on any atom is 0.162 e. The fourth-order valence-corrected chi connectivity index (χ4v) is 1.57. The Labute approximate surface area is 106 Å². The molecule has 2 N–H and O–H groups in total. The van der Waals surface area contributed by atoms with Gasteiger partial charge in [-0.25, -0.2) is 14.6 Å². The van der Waals surface area contributed by atoms with Crippen molar-refractivity contribution in [3.05, 3.63) is 23.8 Å². The topological polar surface area (TPSA) is 78.8 Å². The summed E-state index contributed by atoms with van der Waals surface area (Å²) in [6, 6.07) is 0. The normalized spacial score (nSPS) is 10.6. The monoisotopic (exact) mass is 247 g/mol. The van der Waals surface area contributed by atoms with Crippen molar-refractivity contribution in [2.45, 2.75) is 27.2 Å². The SMILES string of the molecule is CCCOc1cnn(-c2nc(C)nc(N)c2C)c1. The number of nitrogens with zero attached hydrogens (tertiary/aromatic N) is 4. The summed E-state index contributed by atoms with van der Waals surface area (Å²) in [6.07, 6.45) is 4.43. The van der Waals surface area contributed by atoms with E-state index in [0.717, 1.165) is 17.7 Å². The summed E-state index contributed by atoms with van der Waals surface area (Å²) in [5, 5.41) is 4.23. The minimum Gasteiger partial charge on any atom is -0.490 e. The fraction of sp³-hybridized carbons (Fsp3) is 0.417. The zero-order valence-electron chi connectivity index (χ0n) is 10.8. The smallest absolute Gasteiger partial charge is 0.162 e. The number of ether oxygens (including phenoxy) is 1. The summed E-state index contributed by atoms with van der Waals surface area (Å²) in [5.74, 6) is 2.51. The summed E-state index contributed by atoms with van der Waals surface area (Å²) in [4.78, 5) is 8.46. The average molecular weight is 247 g/mol. The van der Waals surface area contributed by atoms with Gasteiger partial charge in [0, 0.05) is 5.56 Å². The Hall–Kier alpha value is -2.11. The van der Waals surface area contributed by atoms with Gasteiger partial charge in [0.1, 0.15) is 11.6 Å². The number of aryl methyl sites for hydroxylation is 1. The molecule has 2 rings (SSSR count). The minimum atomic E-state index is 0.476. The van der Waals surface area contributed by atoms with Gasteiger partial charge in [0.2, 0.25) is 0 Å². The average Bonchev–Trinajstić information content (AvgIpc) is 2.79. The molecule has 0 bridgehead atoms. The third kappa shape index (κ3) is 2.42. The molecule has 0 radical (unpaired) electrons. The van der Waals surface area contributed by atoms with E-state index < -0.39 is 0 Å². The zero-order chi connectivity index (χ0) is 13.1. The molecule has 96 valence electrons. The highest BCUT2D eigenvalue weighted by molar-refractivity contribution is 5.48. The van der Waals surface area contributed by atoms with E-state index >= 15 is 0 Å². The molecule has 0 aromatic carbocycles. The van der Waals surface area contributed by atoms with Gasteiger partial charge < -0.3 is 10.5 Å². The van der Waals surface area contributed by atoms with E-state index in [0.29, 0.717) is 24.1 Å². The quantitative estimate of drug-likeness (QED) is 0.888. The molecule has 0 saturated heterocycles. The Kier molecular flexibility index (Phi) is 3.45. The molecule has 0 aliphatic heterocycles. The molecule has 6 nitrogen and oxygen atoms in total. The molecule has 0 unspecified atom stereocenters. The van der Waals surface area contributed by atoms with E-state index in [1.165, 1.54) is 0 Å². The molecule has 18 heavy (non-hydrogen) atoms. The summed E-state index contributed by atoms with van der Waals surface area (Å²) in [7, 11) is 0. The molecule has 0 fully saturated rings. The van der Waals surface area contributed by atoms with Crippen molar-refractivity contribution in [2.24, 2.45) is 0 Å². The maximum absolute atomic E-state index is 5.82. The largest absolute Gasteiger partial charge is 0.490 e. The highest BCUT2D eigenvalue weighted by Crippen LogP contribution is 2.18. The van der Waals surface area contributed by atoms with Crippen molar-refractivity contribution in [1.29, 1.82) is 0 Å². The van der Waals surface area contributed by atoms with Crippen molar-refractivity contribution in [3.8, 4) is 11.6 Å². The molecule has 0 atom stereocenters. The molecule has 0 saturated carbocycles. The molecule has 2 aromatic heterocycles. The first-order valence-corrected chi connectivity index (χ1v) is 5.90. The maximum atomic E-state index is 5.82. The Bertz CT molecular complexity index is 549. The molecule has 0 amide bonds. The lowest BCUT2D eigenvalue weighted by Gasteiger charge is -2.07. The zero-order valence-corrected chi connectivity index (χ0v) is 10.8. The molecule has 0 aliphatic rings. The third-order valence-corrected chi connectivity index (χ3v) is 2.52. The van der Waals surface area contributed by atoms with Gasteiger partial charge in [0.25, 0.3) is 0 Å². The number of hydrogen-bond acceptors (Lipinski definition) is 5. The second-order valence-corrected chi connectivity index (χ2v) is 4.07. The van der Waals surface area contributed by atoms with Crippen LogP contribution < -0.4 is 10.5 Å². The van der Waals surface area contributed by atoms with E-state index in [2.05, 4.69) is 22.0 Å². The third-order valence-electron chi connectivity index (χ3n) is 2.52. The van der Waals surface area contributed by atoms with Crippen molar-refractivity contribution < 1.29 is 4.74 Å². The first-order chi connectivity index (χ1) is 8.61. The molecule has 0 aliphatic carbocycles. The molecular weight excluding hydrogens is 230 g/mol. The van der Waals surface area contributed by atoms with Crippen LogP contribution in [0, 0.1) is 13.8 Å². The van der Waals surface area contributed by atoms with Crippen LogP contribution in [0.25, 0.3) is 5.82 Å². The van der Waals surface area contributed by atoms with Crippen molar-refractivity contribution in [2.75, 3.05) is 12.3 Å². The van der Waals surface area contributed by atoms with Crippen LogP contribution in [0.1, 0.15) is 24.7 Å². The van der Waals surface area contributed by atoms with E-state index in [-0.39, 0.29) is 0 Å². The number of rotatable bonds is 4. The second-order valence-electron chi connectivity index (χ2n) is 4.07. The van der Waals surface area contributed by atoms with Gasteiger partial charge in [0.05, 0.1) is 19.0 Å². The number of anilines is 1. The van der Waals surface area contributed by atoms with Crippen molar-refractivity contribution in [1.82, 2.24) is 19.7 Å². The summed E-state index contributed by atoms with van der Waals surface area (Å²) in [6.45, 7) is 6.41. The van der Waals surface area contributed by atoms with Crippen molar-refractivity contribution >= 4 is 5.82 Å². The summed E-state index contributed by atoms with van der Waals surface area (Å²) in [5.41, 5.74) is 6.63. The Morgan fingerprint density at radius 2 is 2.11 bits per heavy atom. The van der Waals surface area contributed by atoms with Crippen LogP contribution in [0.3, 0.4) is 0 Å². The van der Waals surface area contributed by atoms with Crippen molar-refractivity contribution in [3.63, 3.8) is 0 Å². The van der Waals surface area contributed by atoms with Gasteiger partial charge in [-0.2, -0.15) is 5.10 Å². The van der Waals surface area contributed by atoms with Crippen LogP contribution in [0.2, 0.25) is 0 Å². The van der Waals surface area contributed by atoms with Crippen LogP contribution in [0.4, 0.5) is 5.82 Å². The van der Waals surface area contributed by atoms with Crippen LogP contribution >= 0.6 is 0 Å². The lowest BCUT2D eigenvalue weighted by molar-refractivity contribution is 0.317. The van der Waals surface area contributed by atoms with E-state index in [1.807, 2.05) is 6.92 Å². The number of aromatic nitrogens is 4. The highest BCUT2D eigenvalue weighted by atomic mass is 16.5. The highest BCUT2D eigenvalue weighted by Gasteiger charge is 2.10. The molecule has 6 heteroatoms. The molecule has 0 spiro atoms. The standard InChI is InChI=1S/C12H17N5O/c1-4-5-18-10-6-14-17(7-10)12-8(2)11(13)15-9(3)16-12/h6-7H,4-5H2,1-3H3,(H2,13,15,16). The van der Waals surface area contributed by atoms with E-state index in [9.17, 15) is 0 Å². The van der Waals surface area contributed by atoms with Gasteiger partial charge in [-0.15, -0.1) is 0 Å². The predicted molar refractivity (Wildman–Crippen MR) is 68.8 cm³/mol. The van der Waals surface area contributed by atoms with Gasteiger partial charge in [0.15, 0.2) is 11.6 Å². The first kappa shape index (κ1) is 12.3. The van der Waals surface area contributed by atoms with Gasteiger partial charge >= 0.3 is 0 Å². The number of hydrogen-bond donors (Lipinski definition) is 1. The Balaban J connectivity index is 2.34. The van der Waals surface area contributed by atoms with Crippen LogP contribution in [-0.2, 0) is 0 Å². The van der Waals surface area contributed by atoms with Crippen LogP contribution in [0.15, 0.2) is 12.4 Å². The second kappa shape index (κ2) is 5.03. The first-order valence-electron chi connectivity index (χ1n) is 5.90. The lowest BCUT2D eigenvalue weighted by Crippen LogP contribution is -2.07. The van der Waals surface area contributed by atoms with Gasteiger partial charge in [-0.1, -0.05) is 6.92 Å². The summed E-state index contributed by atoms with van der Waals surface area (Å²) < 4.78 is 7.16. The Morgan fingerprint density at radius 1 is 1.33 bits per heavy atom. The lowest BCUT2D eigenvalue weighted by atomic mass is 10.3. The number of nitrogens with two attached hydrogens (primary N) is 1. The molecular formula is C12H17N5O. The van der Waals surface area contributed by atoms with E-state index in [1.54, 1.807) is 24.0 Å². The Morgan fingerprint density at radius 3 is 2.83 bits per heavy atom.